The predicted molar refractivity (Wildman–Crippen MR) is 67.1 cm³/mol. The Morgan fingerprint density at radius 3 is 2.60 bits per heavy atom. The van der Waals surface area contributed by atoms with Crippen LogP contribution in [-0.4, -0.2) is 19.8 Å². The van der Waals surface area contributed by atoms with Crippen molar-refractivity contribution in [3.05, 3.63) is 34.3 Å². The lowest BCUT2D eigenvalue weighted by Crippen LogP contribution is -2.23. The van der Waals surface area contributed by atoms with Gasteiger partial charge in [0.05, 0.1) is 6.61 Å². The van der Waals surface area contributed by atoms with Crippen LogP contribution in [0, 0.1) is 0 Å². The molecule has 0 spiro atoms. The first-order valence-corrected chi connectivity index (χ1v) is 6.10. The second-order valence-electron chi connectivity index (χ2n) is 3.42. The van der Waals surface area contributed by atoms with Crippen molar-refractivity contribution in [1.29, 1.82) is 0 Å². The second-order valence-corrected chi connectivity index (χ2v) is 4.34. The molecule has 84 valence electrons. The molecule has 0 amide bonds. The zero-order valence-corrected chi connectivity index (χ0v) is 10.9. The van der Waals surface area contributed by atoms with Gasteiger partial charge in [0.2, 0.25) is 0 Å². The van der Waals surface area contributed by atoms with Crippen LogP contribution in [0.1, 0.15) is 25.5 Å². The number of benzene rings is 1. The van der Waals surface area contributed by atoms with Gasteiger partial charge in [-0.1, -0.05) is 28.1 Å². The summed E-state index contributed by atoms with van der Waals surface area (Å²) in [5.74, 6) is 0. The smallest absolute Gasteiger partial charge is 0.0590 e. The third-order valence-corrected chi connectivity index (χ3v) is 2.80. The molecule has 0 radical (unpaired) electrons. The Morgan fingerprint density at radius 2 is 2.00 bits per heavy atom. The van der Waals surface area contributed by atoms with Crippen molar-refractivity contribution >= 4 is 15.9 Å². The van der Waals surface area contributed by atoms with Crippen molar-refractivity contribution in [2.45, 2.75) is 19.9 Å². The molecule has 2 nitrogen and oxygen atoms in total. The zero-order valence-electron chi connectivity index (χ0n) is 9.29. The van der Waals surface area contributed by atoms with Gasteiger partial charge in [-0.3, -0.25) is 0 Å². The highest BCUT2D eigenvalue weighted by Crippen LogP contribution is 2.16. The van der Waals surface area contributed by atoms with E-state index in [1.807, 2.05) is 6.92 Å². The first kappa shape index (κ1) is 12.7. The molecule has 3 heteroatoms. The Labute approximate surface area is 100 Å². The van der Waals surface area contributed by atoms with Gasteiger partial charge >= 0.3 is 0 Å². The molecule has 0 saturated heterocycles. The van der Waals surface area contributed by atoms with Gasteiger partial charge in [-0.25, -0.2) is 0 Å². The van der Waals surface area contributed by atoms with E-state index >= 15 is 0 Å². The van der Waals surface area contributed by atoms with Crippen LogP contribution in [0.4, 0.5) is 0 Å². The number of hydrogen-bond donors (Lipinski definition) is 1. The average Bonchev–Trinajstić information content (AvgIpc) is 2.25. The lowest BCUT2D eigenvalue weighted by Gasteiger charge is -2.14. The molecule has 1 N–H and O–H groups in total. The SMILES string of the molecule is CCOCCN[C@@H](C)c1ccc(Br)cc1. The molecule has 1 aromatic carbocycles. The predicted octanol–water partition coefficient (Wildman–Crippen LogP) is 3.14. The molecule has 1 aromatic rings. The quantitative estimate of drug-likeness (QED) is 0.803. The molecule has 0 saturated carbocycles. The van der Waals surface area contributed by atoms with Gasteiger partial charge in [0.25, 0.3) is 0 Å². The third kappa shape index (κ3) is 4.78. The summed E-state index contributed by atoms with van der Waals surface area (Å²) in [6.45, 7) is 6.63. The fraction of sp³-hybridized carbons (Fsp3) is 0.500. The maximum Gasteiger partial charge on any atom is 0.0590 e. The Balaban J connectivity index is 2.33. The summed E-state index contributed by atoms with van der Waals surface area (Å²) in [7, 11) is 0. The minimum absolute atomic E-state index is 0.374. The van der Waals surface area contributed by atoms with E-state index in [-0.39, 0.29) is 0 Å². The molecule has 1 atom stereocenters. The van der Waals surface area contributed by atoms with Crippen molar-refractivity contribution in [1.82, 2.24) is 5.32 Å². The van der Waals surface area contributed by atoms with Crippen LogP contribution < -0.4 is 5.32 Å². The first-order chi connectivity index (χ1) is 7.24. The van der Waals surface area contributed by atoms with Crippen LogP contribution in [-0.2, 0) is 4.74 Å². The topological polar surface area (TPSA) is 21.3 Å². The molecule has 15 heavy (non-hydrogen) atoms. The molecule has 0 aliphatic heterocycles. The molecule has 0 aliphatic rings. The molecule has 0 heterocycles. The monoisotopic (exact) mass is 271 g/mol. The largest absolute Gasteiger partial charge is 0.380 e. The van der Waals surface area contributed by atoms with E-state index in [9.17, 15) is 0 Å². The normalized spacial score (nSPS) is 12.7. The summed E-state index contributed by atoms with van der Waals surface area (Å²) in [6.07, 6.45) is 0. The van der Waals surface area contributed by atoms with E-state index in [2.05, 4.69) is 52.4 Å². The van der Waals surface area contributed by atoms with E-state index in [1.165, 1.54) is 5.56 Å². The van der Waals surface area contributed by atoms with E-state index in [4.69, 9.17) is 4.74 Å². The minimum Gasteiger partial charge on any atom is -0.380 e. The lowest BCUT2D eigenvalue weighted by atomic mass is 10.1. The van der Waals surface area contributed by atoms with Gasteiger partial charge in [0, 0.05) is 23.7 Å². The second kappa shape index (κ2) is 6.99. The Hall–Kier alpha value is -0.380. The number of hydrogen-bond acceptors (Lipinski definition) is 2. The summed E-state index contributed by atoms with van der Waals surface area (Å²) in [5, 5.41) is 3.41. The zero-order chi connectivity index (χ0) is 11.1. The Kier molecular flexibility index (Phi) is 5.91. The molecular formula is C12H18BrNO. The van der Waals surface area contributed by atoms with Crippen molar-refractivity contribution < 1.29 is 4.74 Å². The summed E-state index contributed by atoms with van der Waals surface area (Å²) >= 11 is 3.43. The third-order valence-electron chi connectivity index (χ3n) is 2.27. The van der Waals surface area contributed by atoms with Crippen LogP contribution in [0.15, 0.2) is 28.7 Å². The fourth-order valence-corrected chi connectivity index (χ4v) is 1.63. The molecule has 0 bridgehead atoms. The maximum atomic E-state index is 5.27. The Morgan fingerprint density at radius 1 is 1.33 bits per heavy atom. The van der Waals surface area contributed by atoms with Crippen molar-refractivity contribution in [3.8, 4) is 0 Å². The molecule has 0 aromatic heterocycles. The summed E-state index contributed by atoms with van der Waals surface area (Å²) in [5.41, 5.74) is 1.30. The van der Waals surface area contributed by atoms with Crippen molar-refractivity contribution in [2.75, 3.05) is 19.8 Å². The van der Waals surface area contributed by atoms with E-state index < -0.39 is 0 Å². The highest BCUT2D eigenvalue weighted by atomic mass is 79.9. The van der Waals surface area contributed by atoms with Crippen molar-refractivity contribution in [3.63, 3.8) is 0 Å². The van der Waals surface area contributed by atoms with Gasteiger partial charge in [0.15, 0.2) is 0 Å². The van der Waals surface area contributed by atoms with Crippen LogP contribution in [0.2, 0.25) is 0 Å². The number of halogens is 1. The van der Waals surface area contributed by atoms with E-state index in [0.29, 0.717) is 6.04 Å². The van der Waals surface area contributed by atoms with Gasteiger partial charge in [-0.2, -0.15) is 0 Å². The highest BCUT2D eigenvalue weighted by Gasteiger charge is 2.03. The lowest BCUT2D eigenvalue weighted by molar-refractivity contribution is 0.147. The van der Waals surface area contributed by atoms with Gasteiger partial charge < -0.3 is 10.1 Å². The molecule has 0 fully saturated rings. The highest BCUT2D eigenvalue weighted by molar-refractivity contribution is 9.10. The van der Waals surface area contributed by atoms with Crippen molar-refractivity contribution in [2.24, 2.45) is 0 Å². The van der Waals surface area contributed by atoms with E-state index in [0.717, 1.165) is 24.2 Å². The van der Waals surface area contributed by atoms with Crippen LogP contribution in [0.25, 0.3) is 0 Å². The van der Waals surface area contributed by atoms with E-state index in [1.54, 1.807) is 0 Å². The average molecular weight is 272 g/mol. The standard InChI is InChI=1S/C12H18BrNO/c1-3-15-9-8-14-10(2)11-4-6-12(13)7-5-11/h4-7,10,14H,3,8-9H2,1-2H3/t10-/m0/s1. The minimum atomic E-state index is 0.374. The van der Waals surface area contributed by atoms with Crippen LogP contribution >= 0.6 is 15.9 Å². The van der Waals surface area contributed by atoms with Crippen LogP contribution in [0.5, 0.6) is 0 Å². The summed E-state index contributed by atoms with van der Waals surface area (Å²) in [6, 6.07) is 8.76. The number of ether oxygens (including phenoxy) is 1. The Bertz CT molecular complexity index is 273. The maximum absolute atomic E-state index is 5.27. The van der Waals surface area contributed by atoms with Crippen LogP contribution in [0.3, 0.4) is 0 Å². The number of rotatable bonds is 6. The molecular weight excluding hydrogens is 254 g/mol. The van der Waals surface area contributed by atoms with Gasteiger partial charge in [-0.05, 0) is 31.5 Å². The number of nitrogens with one attached hydrogen (secondary N) is 1. The molecule has 1 rings (SSSR count). The summed E-state index contributed by atoms with van der Waals surface area (Å²) in [4.78, 5) is 0. The van der Waals surface area contributed by atoms with Gasteiger partial charge in [-0.15, -0.1) is 0 Å². The molecule has 0 aliphatic carbocycles. The van der Waals surface area contributed by atoms with Gasteiger partial charge in [0.1, 0.15) is 0 Å². The summed E-state index contributed by atoms with van der Waals surface area (Å²) < 4.78 is 6.39. The molecule has 0 unspecified atom stereocenters. The first-order valence-electron chi connectivity index (χ1n) is 5.30. The fourth-order valence-electron chi connectivity index (χ4n) is 1.36.